The van der Waals surface area contributed by atoms with Crippen LogP contribution < -0.4 is 14.4 Å². The van der Waals surface area contributed by atoms with E-state index < -0.39 is 18.0 Å². The van der Waals surface area contributed by atoms with Crippen LogP contribution in [0.15, 0.2) is 23.4 Å². The van der Waals surface area contributed by atoms with Gasteiger partial charge < -0.3 is 33.7 Å². The first-order valence-corrected chi connectivity index (χ1v) is 7.84. The second-order valence-corrected chi connectivity index (χ2v) is 5.66. The average Bonchev–Trinajstić information content (AvgIpc) is 3.12. The van der Waals surface area contributed by atoms with E-state index in [1.54, 1.807) is 19.1 Å². The van der Waals surface area contributed by atoms with E-state index in [-0.39, 0.29) is 31.4 Å². The van der Waals surface area contributed by atoms with Crippen molar-refractivity contribution in [3.05, 3.63) is 29.0 Å². The van der Waals surface area contributed by atoms with Crippen LogP contribution in [0.4, 0.5) is 5.69 Å². The quantitative estimate of drug-likeness (QED) is 0.778. The van der Waals surface area contributed by atoms with Crippen molar-refractivity contribution in [1.82, 2.24) is 0 Å². The Labute approximate surface area is 149 Å². The maximum atomic E-state index is 12.4. The molecule has 26 heavy (non-hydrogen) atoms. The van der Waals surface area contributed by atoms with Crippen LogP contribution in [0.25, 0.3) is 0 Å². The SMILES string of the molecule is COC(=O)C1=C(C(=O)OC)N(c2cc3c(cc2C(C)O)OCO3)COC1. The van der Waals surface area contributed by atoms with Crippen molar-refractivity contribution >= 4 is 17.6 Å². The lowest BCUT2D eigenvalue weighted by Gasteiger charge is -2.33. The lowest BCUT2D eigenvalue weighted by atomic mass is 10.0. The lowest BCUT2D eigenvalue weighted by Crippen LogP contribution is -2.39. The van der Waals surface area contributed by atoms with Gasteiger partial charge in [0.25, 0.3) is 0 Å². The van der Waals surface area contributed by atoms with Gasteiger partial charge >= 0.3 is 11.9 Å². The molecule has 2 heterocycles. The summed E-state index contributed by atoms with van der Waals surface area (Å²) in [6.45, 7) is 1.52. The number of carbonyl (C=O) groups is 2. The number of hydrogen-bond acceptors (Lipinski definition) is 9. The van der Waals surface area contributed by atoms with Crippen molar-refractivity contribution in [2.24, 2.45) is 0 Å². The minimum atomic E-state index is -0.873. The normalized spacial score (nSPS) is 17.2. The largest absolute Gasteiger partial charge is 0.466 e. The van der Waals surface area contributed by atoms with Crippen molar-refractivity contribution in [1.29, 1.82) is 0 Å². The Balaban J connectivity index is 2.18. The fourth-order valence-electron chi connectivity index (χ4n) is 2.85. The van der Waals surface area contributed by atoms with E-state index in [4.69, 9.17) is 23.7 Å². The molecule has 9 nitrogen and oxygen atoms in total. The highest BCUT2D eigenvalue weighted by Crippen LogP contribution is 2.42. The molecule has 1 N–H and O–H groups in total. The first-order valence-electron chi connectivity index (χ1n) is 7.84. The van der Waals surface area contributed by atoms with Crippen molar-refractivity contribution in [2.75, 3.05) is 39.3 Å². The molecule has 0 aliphatic carbocycles. The Kier molecular flexibility index (Phi) is 5.01. The van der Waals surface area contributed by atoms with E-state index >= 15 is 0 Å². The van der Waals surface area contributed by atoms with Crippen LogP contribution in [0.3, 0.4) is 0 Å². The summed E-state index contributed by atoms with van der Waals surface area (Å²) in [6, 6.07) is 3.25. The van der Waals surface area contributed by atoms with Crippen molar-refractivity contribution in [3.63, 3.8) is 0 Å². The van der Waals surface area contributed by atoms with E-state index in [2.05, 4.69) is 0 Å². The average molecular weight is 365 g/mol. The van der Waals surface area contributed by atoms with Crippen LogP contribution in [0.2, 0.25) is 0 Å². The van der Waals surface area contributed by atoms with E-state index in [0.717, 1.165) is 0 Å². The molecule has 0 saturated heterocycles. The highest BCUT2D eigenvalue weighted by atomic mass is 16.7. The maximum Gasteiger partial charge on any atom is 0.355 e. The Hall–Kier alpha value is -2.78. The van der Waals surface area contributed by atoms with Crippen LogP contribution in [0, 0.1) is 0 Å². The van der Waals surface area contributed by atoms with Gasteiger partial charge in [0.1, 0.15) is 12.4 Å². The standard InChI is InChI=1S/C17H19NO8/c1-9(19)10-4-13-14(26-8-25-13)5-12(10)18-7-24-6-11(16(20)22-2)15(18)17(21)23-3/h4-5,9,19H,6-8H2,1-3H3. The number of rotatable bonds is 4. The van der Waals surface area contributed by atoms with Gasteiger partial charge in [0, 0.05) is 11.6 Å². The summed E-state index contributed by atoms with van der Waals surface area (Å²) in [6.07, 6.45) is -0.873. The zero-order chi connectivity index (χ0) is 18.8. The second-order valence-electron chi connectivity index (χ2n) is 5.66. The van der Waals surface area contributed by atoms with Crippen LogP contribution in [-0.2, 0) is 23.8 Å². The van der Waals surface area contributed by atoms with Crippen LogP contribution in [-0.4, -0.2) is 51.4 Å². The Bertz CT molecular complexity index is 770. The summed E-state index contributed by atoms with van der Waals surface area (Å²) in [5.41, 5.74) is 0.933. The number of carbonyl (C=O) groups excluding carboxylic acids is 2. The fraction of sp³-hybridized carbons (Fsp3) is 0.412. The zero-order valence-electron chi connectivity index (χ0n) is 14.6. The van der Waals surface area contributed by atoms with Gasteiger partial charge in [0.05, 0.1) is 38.2 Å². The molecule has 0 bridgehead atoms. The molecule has 0 spiro atoms. The molecule has 0 aromatic heterocycles. The molecule has 0 radical (unpaired) electrons. The third kappa shape index (κ3) is 3.06. The van der Waals surface area contributed by atoms with E-state index in [1.807, 2.05) is 0 Å². The van der Waals surface area contributed by atoms with Gasteiger partial charge in [-0.25, -0.2) is 9.59 Å². The number of esters is 2. The highest BCUT2D eigenvalue weighted by molar-refractivity contribution is 6.03. The molecule has 1 atom stereocenters. The van der Waals surface area contributed by atoms with Crippen molar-refractivity contribution in [2.45, 2.75) is 13.0 Å². The third-order valence-electron chi connectivity index (χ3n) is 4.10. The number of anilines is 1. The zero-order valence-corrected chi connectivity index (χ0v) is 14.6. The summed E-state index contributed by atoms with van der Waals surface area (Å²) >= 11 is 0. The minimum Gasteiger partial charge on any atom is -0.466 e. The molecule has 0 amide bonds. The minimum absolute atomic E-state index is 0.00800. The molecule has 2 aliphatic heterocycles. The third-order valence-corrected chi connectivity index (χ3v) is 4.10. The predicted molar refractivity (Wildman–Crippen MR) is 87.6 cm³/mol. The number of ether oxygens (including phenoxy) is 5. The summed E-state index contributed by atoms with van der Waals surface area (Å²) < 4.78 is 25.8. The molecule has 140 valence electrons. The fourth-order valence-corrected chi connectivity index (χ4v) is 2.85. The van der Waals surface area contributed by atoms with Crippen LogP contribution in [0.5, 0.6) is 11.5 Å². The molecule has 0 fully saturated rings. The van der Waals surface area contributed by atoms with Crippen molar-refractivity contribution in [3.8, 4) is 11.5 Å². The summed E-state index contributed by atoms with van der Waals surface area (Å²) in [7, 11) is 2.43. The predicted octanol–water partition coefficient (Wildman–Crippen LogP) is 0.863. The topological polar surface area (TPSA) is 104 Å². The molecular formula is C17H19NO8. The van der Waals surface area contributed by atoms with E-state index in [0.29, 0.717) is 22.7 Å². The molecule has 0 saturated carbocycles. The second kappa shape index (κ2) is 7.22. The van der Waals surface area contributed by atoms with Gasteiger partial charge in [-0.05, 0) is 13.0 Å². The van der Waals surface area contributed by atoms with Crippen molar-refractivity contribution < 1.29 is 38.4 Å². The summed E-state index contributed by atoms with van der Waals surface area (Å²) in [5.74, 6) is -0.476. The highest BCUT2D eigenvalue weighted by Gasteiger charge is 2.34. The number of hydrogen-bond donors (Lipinski definition) is 1. The number of nitrogens with zero attached hydrogens (tertiary/aromatic N) is 1. The molecule has 1 unspecified atom stereocenters. The first kappa shape index (κ1) is 18.0. The molecule has 9 heteroatoms. The van der Waals surface area contributed by atoms with Gasteiger partial charge in [-0.3, -0.25) is 0 Å². The van der Waals surface area contributed by atoms with Gasteiger partial charge in [0.15, 0.2) is 11.5 Å². The molecule has 1 aromatic rings. The Morgan fingerprint density at radius 1 is 1.15 bits per heavy atom. The summed E-state index contributed by atoms with van der Waals surface area (Å²) in [5, 5.41) is 10.2. The molecular weight excluding hydrogens is 346 g/mol. The first-order chi connectivity index (χ1) is 12.5. The number of fused-ring (bicyclic) bond motifs is 1. The lowest BCUT2D eigenvalue weighted by molar-refractivity contribution is -0.140. The Morgan fingerprint density at radius 3 is 2.42 bits per heavy atom. The number of aliphatic hydroxyl groups is 1. The van der Waals surface area contributed by atoms with E-state index in [1.165, 1.54) is 19.1 Å². The van der Waals surface area contributed by atoms with Crippen LogP contribution >= 0.6 is 0 Å². The Morgan fingerprint density at radius 2 is 1.81 bits per heavy atom. The van der Waals surface area contributed by atoms with Crippen LogP contribution in [0.1, 0.15) is 18.6 Å². The van der Waals surface area contributed by atoms with Gasteiger partial charge in [0.2, 0.25) is 6.79 Å². The smallest absolute Gasteiger partial charge is 0.355 e. The summed E-state index contributed by atoms with van der Waals surface area (Å²) in [4.78, 5) is 25.9. The molecule has 2 aliphatic rings. The number of aliphatic hydroxyl groups excluding tert-OH is 1. The molecule has 1 aromatic carbocycles. The number of methoxy groups -OCH3 is 2. The van der Waals surface area contributed by atoms with Gasteiger partial charge in [-0.15, -0.1) is 0 Å². The van der Waals surface area contributed by atoms with Gasteiger partial charge in [-0.2, -0.15) is 0 Å². The molecule has 3 rings (SSSR count). The van der Waals surface area contributed by atoms with Gasteiger partial charge in [-0.1, -0.05) is 0 Å². The van der Waals surface area contributed by atoms with E-state index in [9.17, 15) is 14.7 Å². The number of benzene rings is 1. The maximum absolute atomic E-state index is 12.4. The monoisotopic (exact) mass is 365 g/mol.